The van der Waals surface area contributed by atoms with Gasteiger partial charge >= 0.3 is 0 Å². The number of fused-ring (bicyclic) bond motifs is 1. The molecule has 110 valence electrons. The minimum atomic E-state index is -0.473. The van der Waals surface area contributed by atoms with Gasteiger partial charge in [-0.25, -0.2) is 9.67 Å². The second-order valence-corrected chi connectivity index (χ2v) is 5.26. The number of carbonyl (C=O) groups excluding carboxylic acids is 1. The van der Waals surface area contributed by atoms with Gasteiger partial charge in [0.05, 0.1) is 5.69 Å². The zero-order chi connectivity index (χ0) is 14.8. The molecule has 0 spiro atoms. The summed E-state index contributed by atoms with van der Waals surface area (Å²) >= 11 is 0. The van der Waals surface area contributed by atoms with Crippen LogP contribution < -0.4 is 5.73 Å². The first-order valence-electron chi connectivity index (χ1n) is 7.25. The lowest BCUT2D eigenvalue weighted by Gasteiger charge is -2.26. The van der Waals surface area contributed by atoms with Crippen LogP contribution >= 0.6 is 0 Å². The van der Waals surface area contributed by atoms with Gasteiger partial charge in [-0.3, -0.25) is 9.69 Å². The first kappa shape index (κ1) is 13.8. The van der Waals surface area contributed by atoms with Crippen molar-refractivity contribution in [2.24, 2.45) is 5.73 Å². The van der Waals surface area contributed by atoms with Gasteiger partial charge in [-0.2, -0.15) is 5.10 Å². The van der Waals surface area contributed by atoms with Crippen LogP contribution in [-0.4, -0.2) is 38.7 Å². The quantitative estimate of drug-likeness (QED) is 0.913. The Morgan fingerprint density at radius 2 is 2.29 bits per heavy atom. The van der Waals surface area contributed by atoms with E-state index in [0.29, 0.717) is 5.69 Å². The molecule has 6 heteroatoms. The number of aromatic nitrogens is 3. The molecule has 3 heterocycles. The maximum atomic E-state index is 11.7. The minimum Gasteiger partial charge on any atom is -0.364 e. The maximum absolute atomic E-state index is 11.7. The number of hydrogen-bond donors (Lipinski definition) is 1. The molecule has 0 aromatic carbocycles. The topological polar surface area (TPSA) is 77.0 Å². The van der Waals surface area contributed by atoms with Crippen LogP contribution in [0.2, 0.25) is 0 Å². The van der Waals surface area contributed by atoms with Gasteiger partial charge in [-0.05, 0) is 25.1 Å². The van der Waals surface area contributed by atoms with Gasteiger partial charge in [0.15, 0.2) is 11.5 Å². The smallest absolute Gasteiger partial charge is 0.269 e. The molecule has 0 aliphatic carbocycles. The van der Waals surface area contributed by atoms with E-state index in [9.17, 15) is 4.79 Å². The number of nitrogens with zero attached hydrogens (tertiary/aromatic N) is 4. The maximum Gasteiger partial charge on any atom is 0.269 e. The third-order valence-electron chi connectivity index (χ3n) is 3.78. The largest absolute Gasteiger partial charge is 0.364 e. The SMILES string of the molecule is CCCN1CCc2c(c(C(N)=O)nn2-c2ccccn2)C1. The van der Waals surface area contributed by atoms with E-state index in [0.717, 1.165) is 49.6 Å². The molecular weight excluding hydrogens is 266 g/mol. The first-order valence-corrected chi connectivity index (χ1v) is 7.25. The average molecular weight is 285 g/mol. The number of carbonyl (C=O) groups is 1. The Labute approximate surface area is 123 Å². The van der Waals surface area contributed by atoms with Crippen LogP contribution in [0.15, 0.2) is 24.4 Å². The number of primary amides is 1. The van der Waals surface area contributed by atoms with Crippen molar-refractivity contribution in [3.63, 3.8) is 0 Å². The Morgan fingerprint density at radius 1 is 1.43 bits per heavy atom. The summed E-state index contributed by atoms with van der Waals surface area (Å²) in [6.45, 7) is 4.88. The summed E-state index contributed by atoms with van der Waals surface area (Å²) in [5.74, 6) is 0.254. The Balaban J connectivity index is 2.05. The van der Waals surface area contributed by atoms with Crippen LogP contribution in [0.4, 0.5) is 0 Å². The molecule has 6 nitrogen and oxygen atoms in total. The van der Waals surface area contributed by atoms with Gasteiger partial charge in [-0.15, -0.1) is 0 Å². The molecule has 2 N–H and O–H groups in total. The second-order valence-electron chi connectivity index (χ2n) is 5.26. The van der Waals surface area contributed by atoms with Crippen molar-refractivity contribution in [2.75, 3.05) is 13.1 Å². The van der Waals surface area contributed by atoms with Crippen LogP contribution in [0.3, 0.4) is 0 Å². The molecule has 0 saturated carbocycles. The molecule has 0 radical (unpaired) electrons. The highest BCUT2D eigenvalue weighted by molar-refractivity contribution is 5.92. The van der Waals surface area contributed by atoms with Crippen molar-refractivity contribution in [3.05, 3.63) is 41.3 Å². The summed E-state index contributed by atoms with van der Waals surface area (Å²) in [5.41, 5.74) is 7.87. The fraction of sp³-hybridized carbons (Fsp3) is 0.400. The Kier molecular flexibility index (Phi) is 3.70. The van der Waals surface area contributed by atoms with Crippen LogP contribution in [0.5, 0.6) is 0 Å². The summed E-state index contributed by atoms with van der Waals surface area (Å²) in [5, 5.41) is 4.41. The first-order chi connectivity index (χ1) is 10.2. The van der Waals surface area contributed by atoms with Crippen molar-refractivity contribution >= 4 is 5.91 Å². The molecule has 3 rings (SSSR count). The summed E-state index contributed by atoms with van der Waals surface area (Å²) in [4.78, 5) is 18.3. The van der Waals surface area contributed by atoms with E-state index in [2.05, 4.69) is 21.9 Å². The predicted molar refractivity (Wildman–Crippen MR) is 79.1 cm³/mol. The summed E-state index contributed by atoms with van der Waals surface area (Å²) < 4.78 is 1.76. The Hall–Kier alpha value is -2.21. The molecule has 0 bridgehead atoms. The number of hydrogen-bond acceptors (Lipinski definition) is 4. The number of rotatable bonds is 4. The Morgan fingerprint density at radius 3 is 2.95 bits per heavy atom. The molecule has 1 amide bonds. The van der Waals surface area contributed by atoms with Crippen molar-refractivity contribution < 1.29 is 4.79 Å². The van der Waals surface area contributed by atoms with E-state index >= 15 is 0 Å². The predicted octanol–water partition coefficient (Wildman–Crippen LogP) is 1.13. The van der Waals surface area contributed by atoms with Gasteiger partial charge < -0.3 is 5.73 Å². The number of pyridine rings is 1. The number of amides is 1. The van der Waals surface area contributed by atoms with Gasteiger partial charge in [-0.1, -0.05) is 13.0 Å². The van der Waals surface area contributed by atoms with E-state index in [1.165, 1.54) is 0 Å². The van der Waals surface area contributed by atoms with Gasteiger partial charge in [0.25, 0.3) is 5.91 Å². The second kappa shape index (κ2) is 5.65. The standard InChI is InChI=1S/C15H19N5O/c1-2-8-19-9-6-12-11(10-19)14(15(16)21)18-20(12)13-5-3-4-7-17-13/h3-5,7H,2,6,8-10H2,1H3,(H2,16,21). The lowest BCUT2D eigenvalue weighted by Crippen LogP contribution is -2.32. The fourth-order valence-corrected chi connectivity index (χ4v) is 2.85. The molecule has 1 aliphatic heterocycles. The lowest BCUT2D eigenvalue weighted by molar-refractivity contribution is 0.0993. The van der Waals surface area contributed by atoms with Crippen LogP contribution in [0, 0.1) is 0 Å². The molecule has 0 saturated heterocycles. The highest BCUT2D eigenvalue weighted by Crippen LogP contribution is 2.24. The highest BCUT2D eigenvalue weighted by Gasteiger charge is 2.27. The Bertz CT molecular complexity index is 650. The molecule has 1 aliphatic rings. The summed E-state index contributed by atoms with van der Waals surface area (Å²) in [7, 11) is 0. The van der Waals surface area contributed by atoms with Gasteiger partial charge in [0, 0.05) is 31.3 Å². The zero-order valence-corrected chi connectivity index (χ0v) is 12.1. The molecule has 0 atom stereocenters. The van der Waals surface area contributed by atoms with Gasteiger partial charge in [0.2, 0.25) is 0 Å². The van der Waals surface area contributed by atoms with Crippen LogP contribution in [0.25, 0.3) is 5.82 Å². The molecule has 0 unspecified atom stereocenters. The summed E-state index contributed by atoms with van der Waals surface area (Å²) in [6, 6.07) is 5.65. The van der Waals surface area contributed by atoms with Gasteiger partial charge in [0.1, 0.15) is 0 Å². The third kappa shape index (κ3) is 2.54. The third-order valence-corrected chi connectivity index (χ3v) is 3.78. The molecule has 21 heavy (non-hydrogen) atoms. The van der Waals surface area contributed by atoms with Crippen molar-refractivity contribution in [3.8, 4) is 5.82 Å². The van der Waals surface area contributed by atoms with Crippen molar-refractivity contribution in [1.29, 1.82) is 0 Å². The van der Waals surface area contributed by atoms with E-state index < -0.39 is 5.91 Å². The van der Waals surface area contributed by atoms with E-state index in [1.807, 2.05) is 18.2 Å². The molecule has 2 aromatic heterocycles. The average Bonchev–Trinajstić information content (AvgIpc) is 2.87. The highest BCUT2D eigenvalue weighted by atomic mass is 16.1. The molecule has 2 aromatic rings. The minimum absolute atomic E-state index is 0.372. The molecule has 0 fully saturated rings. The van der Waals surface area contributed by atoms with Crippen molar-refractivity contribution in [1.82, 2.24) is 19.7 Å². The normalized spacial score (nSPS) is 14.9. The summed E-state index contributed by atoms with van der Waals surface area (Å²) in [6.07, 6.45) is 3.67. The van der Waals surface area contributed by atoms with E-state index in [1.54, 1.807) is 10.9 Å². The van der Waals surface area contributed by atoms with Crippen molar-refractivity contribution in [2.45, 2.75) is 26.3 Å². The molecular formula is C15H19N5O. The van der Waals surface area contributed by atoms with E-state index in [-0.39, 0.29) is 0 Å². The van der Waals surface area contributed by atoms with Crippen LogP contribution in [0.1, 0.15) is 35.1 Å². The number of nitrogens with two attached hydrogens (primary N) is 1. The van der Waals surface area contributed by atoms with Crippen LogP contribution in [-0.2, 0) is 13.0 Å². The monoisotopic (exact) mass is 285 g/mol. The lowest BCUT2D eigenvalue weighted by atomic mass is 10.0. The van der Waals surface area contributed by atoms with E-state index in [4.69, 9.17) is 5.73 Å². The zero-order valence-electron chi connectivity index (χ0n) is 12.1. The fourth-order valence-electron chi connectivity index (χ4n) is 2.85.